The van der Waals surface area contributed by atoms with Crippen LogP contribution in [-0.4, -0.2) is 36.0 Å². The van der Waals surface area contributed by atoms with E-state index in [0.29, 0.717) is 27.8 Å². The van der Waals surface area contributed by atoms with Crippen LogP contribution in [0.3, 0.4) is 0 Å². The fourth-order valence-electron chi connectivity index (χ4n) is 3.84. The fraction of sp³-hybridized carbons (Fsp3) is 0.261. The van der Waals surface area contributed by atoms with Crippen molar-refractivity contribution < 1.29 is 4.79 Å². The highest BCUT2D eigenvalue weighted by molar-refractivity contribution is 7.99. The smallest absolute Gasteiger partial charge is 0.265 e. The van der Waals surface area contributed by atoms with Gasteiger partial charge in [0.05, 0.1) is 17.9 Å². The molecule has 0 bridgehead atoms. The molecular weight excluding hydrogens is 424 g/mol. The van der Waals surface area contributed by atoms with Gasteiger partial charge >= 0.3 is 0 Å². The number of aromatic nitrogens is 5. The van der Waals surface area contributed by atoms with Gasteiger partial charge in [-0.2, -0.15) is 5.10 Å². The van der Waals surface area contributed by atoms with Gasteiger partial charge in [0.2, 0.25) is 5.91 Å². The largest absolute Gasteiger partial charge is 0.310 e. The van der Waals surface area contributed by atoms with E-state index in [-0.39, 0.29) is 23.9 Å². The van der Waals surface area contributed by atoms with Gasteiger partial charge in [0.15, 0.2) is 10.8 Å². The van der Waals surface area contributed by atoms with Crippen LogP contribution >= 0.6 is 11.8 Å². The Morgan fingerprint density at radius 1 is 1.19 bits per heavy atom. The minimum Gasteiger partial charge on any atom is -0.310 e. The number of thioether (sulfide) groups is 1. The molecule has 1 aromatic carbocycles. The quantitative estimate of drug-likeness (QED) is 0.482. The van der Waals surface area contributed by atoms with Crippen molar-refractivity contribution in [2.24, 2.45) is 0 Å². The van der Waals surface area contributed by atoms with Crippen LogP contribution in [0.1, 0.15) is 29.2 Å². The molecule has 1 N–H and O–H groups in total. The number of nitrogens with zero attached hydrogens (tertiary/aromatic N) is 5. The minimum absolute atomic E-state index is 0.170. The maximum atomic E-state index is 13.3. The zero-order chi connectivity index (χ0) is 22.4. The van der Waals surface area contributed by atoms with E-state index in [9.17, 15) is 9.59 Å². The van der Waals surface area contributed by atoms with E-state index in [0.717, 1.165) is 16.8 Å². The second-order valence-corrected chi connectivity index (χ2v) is 9.00. The van der Waals surface area contributed by atoms with Gasteiger partial charge in [-0.25, -0.2) is 14.6 Å². The first-order chi connectivity index (χ1) is 15.4. The Morgan fingerprint density at radius 2 is 2.03 bits per heavy atom. The van der Waals surface area contributed by atoms with Gasteiger partial charge in [-0.1, -0.05) is 23.9 Å². The molecule has 32 heavy (non-hydrogen) atoms. The molecule has 4 heterocycles. The van der Waals surface area contributed by atoms with Crippen molar-refractivity contribution in [2.75, 3.05) is 11.1 Å². The summed E-state index contributed by atoms with van der Waals surface area (Å²) < 4.78 is 3.33. The van der Waals surface area contributed by atoms with Gasteiger partial charge in [-0.05, 0) is 55.7 Å². The number of anilines is 1. The molecule has 1 amide bonds. The molecule has 0 fully saturated rings. The van der Waals surface area contributed by atoms with Gasteiger partial charge in [-0.15, -0.1) is 0 Å². The van der Waals surface area contributed by atoms with E-state index in [1.165, 1.54) is 17.3 Å². The van der Waals surface area contributed by atoms with Crippen molar-refractivity contribution in [3.63, 3.8) is 0 Å². The first kappa shape index (κ1) is 20.4. The van der Waals surface area contributed by atoms with Crippen LogP contribution in [0.5, 0.6) is 0 Å². The molecule has 0 saturated heterocycles. The maximum absolute atomic E-state index is 13.3. The highest BCUT2D eigenvalue weighted by atomic mass is 32.2. The van der Waals surface area contributed by atoms with Crippen molar-refractivity contribution in [3.05, 3.63) is 69.8 Å². The average Bonchev–Trinajstić information content (AvgIpc) is 3.37. The van der Waals surface area contributed by atoms with E-state index >= 15 is 0 Å². The average molecular weight is 447 g/mol. The Morgan fingerprint density at radius 3 is 2.81 bits per heavy atom. The highest BCUT2D eigenvalue weighted by Crippen LogP contribution is 2.33. The van der Waals surface area contributed by atoms with Crippen LogP contribution in [0.25, 0.3) is 16.7 Å². The topological polar surface area (TPSA) is 94.7 Å². The van der Waals surface area contributed by atoms with Crippen molar-refractivity contribution >= 4 is 34.5 Å². The lowest BCUT2D eigenvalue weighted by Crippen LogP contribution is -2.28. The molecule has 9 heteroatoms. The summed E-state index contributed by atoms with van der Waals surface area (Å²) in [5.74, 6) is 0.975. The second-order valence-electron chi connectivity index (χ2n) is 8.02. The summed E-state index contributed by atoms with van der Waals surface area (Å²) in [6.07, 6.45) is 3.38. The molecule has 0 saturated carbocycles. The van der Waals surface area contributed by atoms with E-state index in [4.69, 9.17) is 4.98 Å². The van der Waals surface area contributed by atoms with Gasteiger partial charge in [0, 0.05) is 18.4 Å². The van der Waals surface area contributed by atoms with Gasteiger partial charge in [0.25, 0.3) is 5.56 Å². The molecule has 1 aliphatic heterocycles. The zero-order valence-electron chi connectivity index (χ0n) is 18.0. The van der Waals surface area contributed by atoms with Crippen LogP contribution in [0.2, 0.25) is 0 Å². The standard InChI is InChI=1S/C23H22N6O2S/c1-13-6-7-16(9-15(13)3)29-21-18(11-25-29)22(31)28-17(12-32-23(28)27-21)10-19(30)26-20-14(2)5-4-8-24-20/h4-9,11,17H,10,12H2,1-3H3,(H,24,26,30). The number of aryl methyl sites for hydroxylation is 3. The highest BCUT2D eigenvalue weighted by Gasteiger charge is 2.29. The molecule has 3 aromatic heterocycles. The van der Waals surface area contributed by atoms with E-state index in [1.807, 2.05) is 44.2 Å². The summed E-state index contributed by atoms with van der Waals surface area (Å²) in [6.45, 7) is 5.99. The van der Waals surface area contributed by atoms with Crippen LogP contribution < -0.4 is 10.9 Å². The molecule has 0 aliphatic carbocycles. The zero-order valence-corrected chi connectivity index (χ0v) is 18.8. The Balaban J connectivity index is 1.46. The molecule has 162 valence electrons. The number of hydrogen-bond donors (Lipinski definition) is 1. The second kappa shape index (κ2) is 7.90. The first-order valence-corrected chi connectivity index (χ1v) is 11.3. The van der Waals surface area contributed by atoms with Crippen LogP contribution in [0.4, 0.5) is 5.82 Å². The van der Waals surface area contributed by atoms with Crippen molar-refractivity contribution in [1.82, 2.24) is 24.3 Å². The lowest BCUT2D eigenvalue weighted by Gasteiger charge is -2.14. The molecular formula is C23H22N6O2S. The Hall–Kier alpha value is -3.46. The molecule has 1 unspecified atom stereocenters. The van der Waals surface area contributed by atoms with Crippen LogP contribution in [-0.2, 0) is 4.79 Å². The Bertz CT molecular complexity index is 1420. The minimum atomic E-state index is -0.270. The predicted octanol–water partition coefficient (Wildman–Crippen LogP) is 3.58. The number of carbonyl (C=O) groups excluding carboxylic acids is 1. The number of rotatable bonds is 4. The van der Waals surface area contributed by atoms with E-state index in [1.54, 1.807) is 21.6 Å². The number of hydrogen-bond acceptors (Lipinski definition) is 6. The third-order valence-corrected chi connectivity index (χ3v) is 6.89. The third kappa shape index (κ3) is 3.48. The summed E-state index contributed by atoms with van der Waals surface area (Å²) in [5.41, 5.74) is 4.46. The normalized spacial score (nSPS) is 15.2. The number of pyridine rings is 1. The van der Waals surface area contributed by atoms with Crippen molar-refractivity contribution in [3.8, 4) is 5.69 Å². The monoisotopic (exact) mass is 446 g/mol. The lowest BCUT2D eigenvalue weighted by atomic mass is 10.1. The first-order valence-electron chi connectivity index (χ1n) is 10.3. The molecule has 5 rings (SSSR count). The number of nitrogens with one attached hydrogen (secondary N) is 1. The molecule has 0 spiro atoms. The summed E-state index contributed by atoms with van der Waals surface area (Å²) >= 11 is 1.48. The van der Waals surface area contributed by atoms with Crippen molar-refractivity contribution in [1.29, 1.82) is 0 Å². The molecule has 8 nitrogen and oxygen atoms in total. The number of carbonyl (C=O) groups is 1. The number of benzene rings is 1. The summed E-state index contributed by atoms with van der Waals surface area (Å²) in [6, 6.07) is 9.49. The summed E-state index contributed by atoms with van der Waals surface area (Å²) in [4.78, 5) is 34.9. The third-order valence-electron chi connectivity index (χ3n) is 5.79. The molecule has 0 radical (unpaired) electrons. The molecule has 1 aliphatic rings. The van der Waals surface area contributed by atoms with Gasteiger partial charge < -0.3 is 5.32 Å². The van der Waals surface area contributed by atoms with Crippen LogP contribution in [0.15, 0.2) is 52.7 Å². The lowest BCUT2D eigenvalue weighted by molar-refractivity contribution is -0.116. The Labute approximate surface area is 188 Å². The fourth-order valence-corrected chi connectivity index (χ4v) is 4.97. The summed E-state index contributed by atoms with van der Waals surface area (Å²) in [7, 11) is 0. The predicted molar refractivity (Wildman–Crippen MR) is 125 cm³/mol. The number of fused-ring (bicyclic) bond motifs is 2. The van der Waals surface area contributed by atoms with E-state index in [2.05, 4.69) is 22.3 Å². The molecule has 1 atom stereocenters. The van der Waals surface area contributed by atoms with E-state index < -0.39 is 0 Å². The SMILES string of the molecule is Cc1ccc(-n2ncc3c(=O)n4c(nc32)SCC4CC(=O)Nc2ncccc2C)cc1C. The number of amides is 1. The van der Waals surface area contributed by atoms with Crippen molar-refractivity contribution in [2.45, 2.75) is 38.4 Å². The summed E-state index contributed by atoms with van der Waals surface area (Å²) in [5, 5.41) is 8.34. The Kier molecular flexibility index (Phi) is 5.05. The van der Waals surface area contributed by atoms with Crippen LogP contribution in [0, 0.1) is 20.8 Å². The van der Waals surface area contributed by atoms with Gasteiger partial charge in [0.1, 0.15) is 11.2 Å². The maximum Gasteiger partial charge on any atom is 0.265 e. The van der Waals surface area contributed by atoms with Gasteiger partial charge in [-0.3, -0.25) is 14.2 Å². The molecule has 4 aromatic rings.